The molecule has 34 heavy (non-hydrogen) atoms. The first kappa shape index (κ1) is 24.7. The Kier molecular flexibility index (Phi) is 6.28. The molecule has 2 N–H and O–H groups in total. The van der Waals surface area contributed by atoms with Crippen LogP contribution >= 0.6 is 0 Å². The number of hydrogen-bond donors (Lipinski definition) is 2. The molecule has 1 aliphatic heterocycles. The van der Waals surface area contributed by atoms with E-state index >= 15 is 4.39 Å². The minimum atomic E-state index is -3.64. The van der Waals surface area contributed by atoms with Crippen molar-refractivity contribution in [2.24, 2.45) is 5.92 Å². The lowest BCUT2D eigenvalue weighted by atomic mass is 9.88. The zero-order valence-corrected chi connectivity index (χ0v) is 19.9. The van der Waals surface area contributed by atoms with Crippen LogP contribution in [0.25, 0.3) is 11.1 Å². The second-order valence-electron chi connectivity index (χ2n) is 9.78. The Morgan fingerprint density at radius 3 is 2.38 bits per heavy atom. The maximum atomic E-state index is 15.6. The molecule has 1 aliphatic carbocycles. The fourth-order valence-electron chi connectivity index (χ4n) is 4.90. The summed E-state index contributed by atoms with van der Waals surface area (Å²) in [5, 5.41) is 10.4. The van der Waals surface area contributed by atoms with Crippen LogP contribution in [0, 0.1) is 23.4 Å². The van der Waals surface area contributed by atoms with Crippen LogP contribution in [0.1, 0.15) is 32.3 Å². The van der Waals surface area contributed by atoms with Crippen molar-refractivity contribution in [2.75, 3.05) is 6.26 Å². The van der Waals surface area contributed by atoms with Crippen molar-refractivity contribution >= 4 is 15.9 Å². The second kappa shape index (κ2) is 8.66. The lowest BCUT2D eigenvalue weighted by molar-refractivity contribution is -0.153. The van der Waals surface area contributed by atoms with E-state index in [1.54, 1.807) is 6.07 Å². The van der Waals surface area contributed by atoms with Gasteiger partial charge in [-0.1, -0.05) is 18.2 Å². The van der Waals surface area contributed by atoms with Gasteiger partial charge in [-0.3, -0.25) is 4.79 Å². The molecule has 10 heteroatoms. The molecule has 4 rings (SSSR count). The SMILES string of the molecule is CC(C)(O)C(=O)N1[C@H]2C[C@H]2C[C@H](NS(C)(=O)=O)[C@@H]1Cc1cccc(-c2cc(F)cc(F)c2)c1F. The Morgan fingerprint density at radius 2 is 1.79 bits per heavy atom. The molecule has 0 aromatic heterocycles. The molecule has 1 amide bonds. The van der Waals surface area contributed by atoms with Gasteiger partial charge in [0.1, 0.15) is 23.1 Å². The highest BCUT2D eigenvalue weighted by molar-refractivity contribution is 7.88. The maximum absolute atomic E-state index is 15.6. The number of carbonyl (C=O) groups is 1. The molecular formula is C24H27F3N2O4S. The number of hydrogen-bond acceptors (Lipinski definition) is 4. The lowest BCUT2D eigenvalue weighted by Gasteiger charge is -2.43. The van der Waals surface area contributed by atoms with Crippen molar-refractivity contribution in [1.29, 1.82) is 0 Å². The first-order valence-corrected chi connectivity index (χ1v) is 12.9. The summed E-state index contributed by atoms with van der Waals surface area (Å²) < 4.78 is 69.7. The Hall–Kier alpha value is -2.43. The first-order chi connectivity index (χ1) is 15.7. The molecule has 4 atom stereocenters. The van der Waals surface area contributed by atoms with Gasteiger partial charge in [0.2, 0.25) is 10.0 Å². The van der Waals surface area contributed by atoms with Crippen molar-refractivity contribution in [2.45, 2.75) is 56.8 Å². The van der Waals surface area contributed by atoms with Crippen molar-refractivity contribution in [3.63, 3.8) is 0 Å². The monoisotopic (exact) mass is 496 g/mol. The summed E-state index contributed by atoms with van der Waals surface area (Å²) in [7, 11) is -3.64. The molecule has 6 nitrogen and oxygen atoms in total. The molecule has 0 bridgehead atoms. The quantitative estimate of drug-likeness (QED) is 0.644. The molecule has 0 unspecified atom stereocenters. The number of amides is 1. The third-order valence-electron chi connectivity index (χ3n) is 6.43. The molecule has 2 aromatic carbocycles. The number of halogens is 3. The highest BCUT2D eigenvalue weighted by Gasteiger charge is 2.55. The highest BCUT2D eigenvalue weighted by Crippen LogP contribution is 2.47. The summed E-state index contributed by atoms with van der Waals surface area (Å²) in [6.45, 7) is 2.72. The molecule has 2 fully saturated rings. The minimum Gasteiger partial charge on any atom is -0.381 e. The van der Waals surface area contributed by atoms with E-state index in [9.17, 15) is 27.1 Å². The van der Waals surface area contributed by atoms with E-state index in [4.69, 9.17) is 0 Å². The number of piperidine rings is 1. The normalized spacial score (nSPS) is 24.6. The van der Waals surface area contributed by atoms with Crippen molar-refractivity contribution in [1.82, 2.24) is 9.62 Å². The van der Waals surface area contributed by atoms with Crippen LogP contribution in [0.4, 0.5) is 13.2 Å². The molecule has 0 radical (unpaired) electrons. The summed E-state index contributed by atoms with van der Waals surface area (Å²) in [5.74, 6) is -2.86. The number of nitrogens with zero attached hydrogens (tertiary/aromatic N) is 1. The number of nitrogens with one attached hydrogen (secondary N) is 1. The van der Waals surface area contributed by atoms with Crippen LogP contribution in [-0.4, -0.2) is 54.3 Å². The van der Waals surface area contributed by atoms with Crippen LogP contribution in [0.2, 0.25) is 0 Å². The maximum Gasteiger partial charge on any atom is 0.254 e. The summed E-state index contributed by atoms with van der Waals surface area (Å²) in [5.41, 5.74) is -1.51. The average Bonchev–Trinajstić information content (AvgIpc) is 3.45. The summed E-state index contributed by atoms with van der Waals surface area (Å²) in [6.07, 6.45) is 2.13. The van der Waals surface area contributed by atoms with Gasteiger partial charge in [-0.2, -0.15) is 0 Å². The second-order valence-corrected chi connectivity index (χ2v) is 11.6. The summed E-state index contributed by atoms with van der Waals surface area (Å²) in [6, 6.07) is 5.59. The predicted molar refractivity (Wildman–Crippen MR) is 121 cm³/mol. The smallest absolute Gasteiger partial charge is 0.254 e. The summed E-state index contributed by atoms with van der Waals surface area (Å²) in [4.78, 5) is 14.6. The van der Waals surface area contributed by atoms with Crippen LogP contribution < -0.4 is 4.72 Å². The van der Waals surface area contributed by atoms with Gasteiger partial charge in [0.25, 0.3) is 5.91 Å². The van der Waals surface area contributed by atoms with Gasteiger partial charge in [0.15, 0.2) is 0 Å². The Labute approximate surface area is 196 Å². The standard InChI is InChI=1S/C24H27F3N2O4S/c1-24(2,31)23(30)29-20-11-15(20)9-19(28-34(3,32)33)21(29)10-13-5-4-6-18(22(13)27)14-7-16(25)12-17(26)8-14/h4-8,12,15,19-21,28,31H,9-11H2,1-3H3/t15-,19+,20+,21+/m1/s1. The molecule has 1 saturated carbocycles. The number of benzene rings is 2. The average molecular weight is 497 g/mol. The van der Waals surface area contributed by atoms with Crippen LogP contribution in [0.5, 0.6) is 0 Å². The fraction of sp³-hybridized carbons (Fsp3) is 0.458. The number of likely N-dealkylation sites (tertiary alicyclic amines) is 1. The van der Waals surface area contributed by atoms with Gasteiger partial charge >= 0.3 is 0 Å². The van der Waals surface area contributed by atoms with Crippen molar-refractivity contribution in [3.05, 3.63) is 59.4 Å². The van der Waals surface area contributed by atoms with Gasteiger partial charge < -0.3 is 10.0 Å². The number of rotatable bonds is 6. The lowest BCUT2D eigenvalue weighted by Crippen LogP contribution is -2.61. The Morgan fingerprint density at radius 1 is 1.15 bits per heavy atom. The van der Waals surface area contributed by atoms with E-state index in [1.165, 1.54) is 30.9 Å². The van der Waals surface area contributed by atoms with Gasteiger partial charge in [0, 0.05) is 23.7 Å². The predicted octanol–water partition coefficient (Wildman–Crippen LogP) is 2.99. The highest BCUT2D eigenvalue weighted by atomic mass is 32.2. The third-order valence-corrected chi connectivity index (χ3v) is 7.16. The number of fused-ring (bicyclic) bond motifs is 1. The van der Waals surface area contributed by atoms with Gasteiger partial charge in [-0.15, -0.1) is 0 Å². The van der Waals surface area contributed by atoms with Gasteiger partial charge in [-0.25, -0.2) is 26.3 Å². The largest absolute Gasteiger partial charge is 0.381 e. The summed E-state index contributed by atoms with van der Waals surface area (Å²) >= 11 is 0. The zero-order chi connectivity index (χ0) is 25.0. The van der Waals surface area contributed by atoms with Gasteiger partial charge in [-0.05, 0) is 62.3 Å². The molecule has 0 spiro atoms. The molecule has 184 valence electrons. The molecule has 1 saturated heterocycles. The molecular weight excluding hydrogens is 469 g/mol. The fourth-order valence-corrected chi connectivity index (χ4v) is 5.71. The van der Waals surface area contributed by atoms with E-state index in [-0.39, 0.29) is 35.1 Å². The number of carbonyl (C=O) groups excluding carboxylic acids is 1. The van der Waals surface area contributed by atoms with Crippen LogP contribution in [0.15, 0.2) is 36.4 Å². The van der Waals surface area contributed by atoms with E-state index < -0.39 is 51.1 Å². The molecule has 2 aromatic rings. The minimum absolute atomic E-state index is 0.0102. The van der Waals surface area contributed by atoms with E-state index in [2.05, 4.69) is 4.72 Å². The first-order valence-electron chi connectivity index (χ1n) is 11.0. The van der Waals surface area contributed by atoms with E-state index in [1.807, 2.05) is 0 Å². The zero-order valence-electron chi connectivity index (χ0n) is 19.1. The van der Waals surface area contributed by atoms with E-state index in [0.29, 0.717) is 18.9 Å². The molecule has 2 aliphatic rings. The van der Waals surface area contributed by atoms with E-state index in [0.717, 1.165) is 18.4 Å². The Bertz CT molecular complexity index is 1210. The topological polar surface area (TPSA) is 86.7 Å². The molecule has 1 heterocycles. The number of sulfonamides is 1. The van der Waals surface area contributed by atoms with Crippen molar-refractivity contribution < 1.29 is 31.5 Å². The van der Waals surface area contributed by atoms with Crippen molar-refractivity contribution in [3.8, 4) is 11.1 Å². The van der Waals surface area contributed by atoms with Crippen LogP contribution in [0.3, 0.4) is 0 Å². The van der Waals surface area contributed by atoms with Gasteiger partial charge in [0.05, 0.1) is 12.3 Å². The third kappa shape index (κ3) is 5.13. The Balaban J connectivity index is 1.74. The van der Waals surface area contributed by atoms with Crippen LogP contribution in [-0.2, 0) is 21.2 Å². The number of aliphatic hydroxyl groups is 1.